The highest BCUT2D eigenvalue weighted by Crippen LogP contribution is 2.38. The normalized spacial score (nSPS) is 40.3. The highest BCUT2D eigenvalue weighted by Gasteiger charge is 2.56. The lowest BCUT2D eigenvalue weighted by Gasteiger charge is -2.44. The topological polar surface area (TPSA) is 55.4 Å². The zero-order chi connectivity index (χ0) is 15.1. The van der Waals surface area contributed by atoms with Crippen LogP contribution in [-0.4, -0.2) is 49.7 Å². The third kappa shape index (κ3) is 2.39. The SMILES string of the molecule is CO[C@@H]1O[C@H]2CO[C@H](c3ccccc3)O[C@@H]2[C@H]2OC(=S)O[C@@H]12. The van der Waals surface area contributed by atoms with Crippen LogP contribution in [0, 0.1) is 0 Å². The van der Waals surface area contributed by atoms with Crippen LogP contribution in [0.2, 0.25) is 0 Å². The van der Waals surface area contributed by atoms with E-state index < -0.39 is 18.7 Å². The van der Waals surface area contributed by atoms with Gasteiger partial charge in [0, 0.05) is 24.9 Å². The van der Waals surface area contributed by atoms with Gasteiger partial charge in [-0.1, -0.05) is 30.3 Å². The van der Waals surface area contributed by atoms with E-state index >= 15 is 0 Å². The fraction of sp³-hybridized carbons (Fsp3) is 0.533. The van der Waals surface area contributed by atoms with Crippen LogP contribution < -0.4 is 0 Å². The highest BCUT2D eigenvalue weighted by atomic mass is 32.1. The van der Waals surface area contributed by atoms with E-state index in [1.807, 2.05) is 30.3 Å². The number of benzene rings is 1. The van der Waals surface area contributed by atoms with Gasteiger partial charge in [-0.05, 0) is 0 Å². The smallest absolute Gasteiger partial charge is 0.353 e. The molecule has 4 rings (SSSR count). The molecule has 0 N–H and O–H groups in total. The second-order valence-electron chi connectivity index (χ2n) is 5.37. The molecule has 0 aromatic heterocycles. The standard InChI is InChI=1S/C15H16O6S/c1-16-14-12-11(20-15(22)21-12)10-9(18-14)7-17-13(19-10)8-5-3-2-4-6-8/h2-6,9-14H,7H2,1H3/t9-,10-,11+,12+,13-,14+/m0/s1. The van der Waals surface area contributed by atoms with Crippen LogP contribution >= 0.6 is 12.2 Å². The minimum atomic E-state index is -0.549. The second kappa shape index (κ2) is 5.75. The molecule has 3 fully saturated rings. The van der Waals surface area contributed by atoms with Crippen LogP contribution in [0.25, 0.3) is 0 Å². The Morgan fingerprint density at radius 1 is 1.05 bits per heavy atom. The van der Waals surface area contributed by atoms with Crippen LogP contribution in [-0.2, 0) is 28.4 Å². The molecule has 3 heterocycles. The average Bonchev–Trinajstić information content (AvgIpc) is 2.96. The van der Waals surface area contributed by atoms with Gasteiger partial charge < -0.3 is 28.4 Å². The quantitative estimate of drug-likeness (QED) is 0.765. The zero-order valence-electron chi connectivity index (χ0n) is 11.9. The molecule has 3 aliphatic rings. The van der Waals surface area contributed by atoms with Crippen molar-refractivity contribution >= 4 is 17.5 Å². The van der Waals surface area contributed by atoms with E-state index in [9.17, 15) is 0 Å². The lowest BCUT2D eigenvalue weighted by atomic mass is 9.98. The largest absolute Gasteiger partial charge is 0.446 e. The number of rotatable bonds is 2. The number of fused-ring (bicyclic) bond motifs is 3. The first-order valence-electron chi connectivity index (χ1n) is 7.14. The second-order valence-corrected chi connectivity index (χ2v) is 5.70. The van der Waals surface area contributed by atoms with Gasteiger partial charge in [0.1, 0.15) is 12.2 Å². The van der Waals surface area contributed by atoms with Crippen molar-refractivity contribution in [3.05, 3.63) is 35.9 Å². The van der Waals surface area contributed by atoms with Gasteiger partial charge in [-0.2, -0.15) is 0 Å². The van der Waals surface area contributed by atoms with Gasteiger partial charge >= 0.3 is 5.24 Å². The number of ether oxygens (including phenoxy) is 6. The molecular formula is C15H16O6S. The molecule has 3 saturated heterocycles. The lowest BCUT2D eigenvalue weighted by molar-refractivity contribution is -0.343. The van der Waals surface area contributed by atoms with Crippen molar-refractivity contribution in [2.24, 2.45) is 0 Å². The molecule has 7 heteroatoms. The first kappa shape index (κ1) is 14.3. The summed E-state index contributed by atoms with van der Waals surface area (Å²) >= 11 is 5.01. The van der Waals surface area contributed by atoms with E-state index in [1.165, 1.54) is 0 Å². The van der Waals surface area contributed by atoms with Crippen LogP contribution in [0.1, 0.15) is 11.9 Å². The summed E-state index contributed by atoms with van der Waals surface area (Å²) in [4.78, 5) is 0. The average molecular weight is 324 g/mol. The molecule has 0 amide bonds. The third-order valence-corrected chi connectivity index (χ3v) is 4.24. The minimum absolute atomic E-state index is 0.104. The summed E-state index contributed by atoms with van der Waals surface area (Å²) in [5.41, 5.74) is 0.952. The molecule has 1 aromatic carbocycles. The summed E-state index contributed by atoms with van der Waals surface area (Å²) in [6.45, 7) is 0.392. The maximum atomic E-state index is 6.06. The first-order chi connectivity index (χ1) is 10.8. The Labute approximate surface area is 133 Å². The Morgan fingerprint density at radius 3 is 2.59 bits per heavy atom. The molecule has 3 aliphatic heterocycles. The van der Waals surface area contributed by atoms with Crippen LogP contribution in [0.15, 0.2) is 30.3 Å². The van der Waals surface area contributed by atoms with E-state index in [0.29, 0.717) is 6.61 Å². The zero-order valence-corrected chi connectivity index (χ0v) is 12.7. The maximum Gasteiger partial charge on any atom is 0.353 e. The van der Waals surface area contributed by atoms with Gasteiger partial charge in [-0.15, -0.1) is 0 Å². The van der Waals surface area contributed by atoms with Crippen molar-refractivity contribution in [2.45, 2.75) is 37.0 Å². The van der Waals surface area contributed by atoms with E-state index in [2.05, 4.69) is 0 Å². The third-order valence-electron chi connectivity index (χ3n) is 4.05. The number of methoxy groups -OCH3 is 1. The van der Waals surface area contributed by atoms with Gasteiger partial charge in [-0.25, -0.2) is 0 Å². The maximum absolute atomic E-state index is 6.06. The van der Waals surface area contributed by atoms with Crippen molar-refractivity contribution in [3.8, 4) is 0 Å². The molecule has 0 spiro atoms. The molecule has 6 nitrogen and oxygen atoms in total. The van der Waals surface area contributed by atoms with Crippen LogP contribution in [0.3, 0.4) is 0 Å². The van der Waals surface area contributed by atoms with Gasteiger partial charge in [-0.3, -0.25) is 0 Å². The van der Waals surface area contributed by atoms with Crippen LogP contribution in [0.5, 0.6) is 0 Å². The van der Waals surface area contributed by atoms with Gasteiger partial charge in [0.2, 0.25) is 0 Å². The Morgan fingerprint density at radius 2 is 1.82 bits per heavy atom. The predicted molar refractivity (Wildman–Crippen MR) is 78.0 cm³/mol. The monoisotopic (exact) mass is 324 g/mol. The summed E-state index contributed by atoms with van der Waals surface area (Å²) in [6, 6.07) is 9.76. The molecule has 0 radical (unpaired) electrons. The molecule has 0 aliphatic carbocycles. The summed E-state index contributed by atoms with van der Waals surface area (Å²) in [7, 11) is 1.56. The molecule has 0 unspecified atom stereocenters. The van der Waals surface area contributed by atoms with Crippen molar-refractivity contribution in [2.75, 3.05) is 13.7 Å². The molecule has 1 aromatic rings. The Hall–Kier alpha value is -1.25. The van der Waals surface area contributed by atoms with E-state index in [4.69, 9.17) is 40.6 Å². The number of hydrogen-bond acceptors (Lipinski definition) is 7. The summed E-state index contributed by atoms with van der Waals surface area (Å²) in [5.74, 6) is 0. The van der Waals surface area contributed by atoms with Gasteiger partial charge in [0.05, 0.1) is 6.61 Å². The fourth-order valence-corrected chi connectivity index (χ4v) is 3.25. The summed E-state index contributed by atoms with van der Waals surface area (Å²) in [6.07, 6.45) is -2.39. The Kier molecular flexibility index (Phi) is 3.75. The van der Waals surface area contributed by atoms with Crippen molar-refractivity contribution in [1.82, 2.24) is 0 Å². The van der Waals surface area contributed by atoms with E-state index in [0.717, 1.165) is 5.56 Å². The lowest BCUT2D eigenvalue weighted by Crippen LogP contribution is -2.61. The fourth-order valence-electron chi connectivity index (χ4n) is 3.03. The Balaban J connectivity index is 1.56. The molecular weight excluding hydrogens is 308 g/mol. The minimum Gasteiger partial charge on any atom is -0.446 e. The first-order valence-corrected chi connectivity index (χ1v) is 7.54. The van der Waals surface area contributed by atoms with Crippen molar-refractivity contribution in [3.63, 3.8) is 0 Å². The predicted octanol–water partition coefficient (Wildman–Crippen LogP) is 1.54. The molecule has 22 heavy (non-hydrogen) atoms. The highest BCUT2D eigenvalue weighted by molar-refractivity contribution is 7.79. The molecule has 6 atom stereocenters. The van der Waals surface area contributed by atoms with Gasteiger partial charge in [0.25, 0.3) is 0 Å². The Bertz CT molecular complexity index is 552. The summed E-state index contributed by atoms with van der Waals surface area (Å²) < 4.78 is 34.1. The van der Waals surface area contributed by atoms with E-state index in [-0.39, 0.29) is 23.5 Å². The van der Waals surface area contributed by atoms with Gasteiger partial charge in [0.15, 0.2) is 24.8 Å². The van der Waals surface area contributed by atoms with E-state index in [1.54, 1.807) is 7.11 Å². The van der Waals surface area contributed by atoms with Crippen LogP contribution in [0.4, 0.5) is 0 Å². The summed E-state index contributed by atoms with van der Waals surface area (Å²) in [5, 5.41) is 0.104. The van der Waals surface area contributed by atoms with Crippen molar-refractivity contribution in [1.29, 1.82) is 0 Å². The molecule has 0 bridgehead atoms. The molecule has 0 saturated carbocycles. The van der Waals surface area contributed by atoms with Crippen molar-refractivity contribution < 1.29 is 28.4 Å². The number of hydrogen-bond donors (Lipinski definition) is 0. The number of thiocarbonyl (C=S) groups is 1. The molecule has 118 valence electrons.